The van der Waals surface area contributed by atoms with Gasteiger partial charge in [0.2, 0.25) is 5.70 Å². The summed E-state index contributed by atoms with van der Waals surface area (Å²) in [7, 11) is -4.21. The summed E-state index contributed by atoms with van der Waals surface area (Å²) < 4.78 is 30.6. The smallest absolute Gasteiger partial charge is 0.233 e. The van der Waals surface area contributed by atoms with Gasteiger partial charge in [0.15, 0.2) is 6.21 Å². The van der Waals surface area contributed by atoms with E-state index in [1.807, 2.05) is 0 Å². The summed E-state index contributed by atoms with van der Waals surface area (Å²) in [5.74, 6) is 0. The first kappa shape index (κ1) is 11.1. The number of hydrogen-bond acceptors (Lipinski definition) is 2. The van der Waals surface area contributed by atoms with Gasteiger partial charge in [-0.05, 0) is 13.5 Å². The fourth-order valence-corrected chi connectivity index (χ4v) is 1.34. The standard InChI is InChI=1S/C7H11NO3S/c1-4-6-7(3)8(5-2)12(9,10)11/h4-6H,3H2,1-2H3/p+1/b6-4-,8-5?. The van der Waals surface area contributed by atoms with E-state index < -0.39 is 10.3 Å². The first-order valence-electron chi connectivity index (χ1n) is 3.31. The molecule has 5 heteroatoms. The van der Waals surface area contributed by atoms with Crippen LogP contribution in [0.4, 0.5) is 0 Å². The van der Waals surface area contributed by atoms with Crippen LogP contribution in [-0.2, 0) is 10.3 Å². The molecule has 0 radical (unpaired) electrons. The number of rotatable bonds is 3. The molecule has 0 bridgehead atoms. The summed E-state index contributed by atoms with van der Waals surface area (Å²) in [6, 6.07) is 0. The molecule has 0 spiro atoms. The number of allylic oxidation sites excluding steroid dienone is 2. The third-order valence-corrected chi connectivity index (χ3v) is 2.07. The highest BCUT2D eigenvalue weighted by molar-refractivity contribution is 7.79. The Kier molecular flexibility index (Phi) is 3.85. The molecule has 0 aromatic carbocycles. The highest BCUT2D eigenvalue weighted by atomic mass is 32.2. The molecule has 0 aliphatic rings. The Balaban J connectivity index is 4.99. The van der Waals surface area contributed by atoms with E-state index in [4.69, 9.17) is 4.55 Å². The second-order valence-corrected chi connectivity index (χ2v) is 3.31. The maximum Gasteiger partial charge on any atom is 0.511 e. The van der Waals surface area contributed by atoms with Crippen molar-refractivity contribution in [3.63, 3.8) is 0 Å². The van der Waals surface area contributed by atoms with Gasteiger partial charge in [0.05, 0.1) is 0 Å². The predicted octanol–water partition coefficient (Wildman–Crippen LogP) is 0.982. The molecular formula is C7H12NO3S+. The van der Waals surface area contributed by atoms with E-state index in [9.17, 15) is 8.42 Å². The highest BCUT2D eigenvalue weighted by Crippen LogP contribution is 2.00. The summed E-state index contributed by atoms with van der Waals surface area (Å²) in [5.41, 5.74) is 0.197. The lowest BCUT2D eigenvalue weighted by Gasteiger charge is -1.94. The zero-order valence-electron chi connectivity index (χ0n) is 7.06. The van der Waals surface area contributed by atoms with Crippen LogP contribution in [0.3, 0.4) is 0 Å². The molecule has 0 fully saturated rings. The van der Waals surface area contributed by atoms with Crippen LogP contribution in [0.25, 0.3) is 0 Å². The van der Waals surface area contributed by atoms with E-state index in [0.717, 1.165) is 0 Å². The topological polar surface area (TPSA) is 57.4 Å². The van der Waals surface area contributed by atoms with E-state index in [1.54, 1.807) is 13.0 Å². The van der Waals surface area contributed by atoms with Gasteiger partial charge in [-0.2, -0.15) is 0 Å². The molecular weight excluding hydrogens is 178 g/mol. The molecule has 4 nitrogen and oxygen atoms in total. The lowest BCUT2D eigenvalue weighted by molar-refractivity contribution is -0.303. The molecule has 0 aliphatic heterocycles. The highest BCUT2D eigenvalue weighted by Gasteiger charge is 2.21. The molecule has 0 aliphatic carbocycles. The quantitative estimate of drug-likeness (QED) is 0.312. The predicted molar refractivity (Wildman–Crippen MR) is 47.5 cm³/mol. The third kappa shape index (κ3) is 2.98. The second kappa shape index (κ2) is 4.18. The minimum Gasteiger partial charge on any atom is -0.233 e. The van der Waals surface area contributed by atoms with Crippen LogP contribution in [0, 0.1) is 0 Å². The van der Waals surface area contributed by atoms with Crippen LogP contribution in [0.2, 0.25) is 0 Å². The van der Waals surface area contributed by atoms with E-state index in [-0.39, 0.29) is 5.70 Å². The van der Waals surface area contributed by atoms with E-state index in [0.29, 0.717) is 3.98 Å². The van der Waals surface area contributed by atoms with Crippen molar-refractivity contribution >= 4 is 16.5 Å². The third-order valence-electron chi connectivity index (χ3n) is 1.13. The summed E-state index contributed by atoms with van der Waals surface area (Å²) >= 11 is 0. The number of nitrogens with zero attached hydrogens (tertiary/aromatic N) is 1. The molecule has 1 N–H and O–H groups in total. The van der Waals surface area contributed by atoms with E-state index in [2.05, 4.69) is 6.58 Å². The van der Waals surface area contributed by atoms with Crippen molar-refractivity contribution in [2.24, 2.45) is 0 Å². The SMILES string of the molecule is C=C(/C=C\C)[N+](=CC)S(=O)(=O)O. The van der Waals surface area contributed by atoms with E-state index >= 15 is 0 Å². The molecule has 0 amide bonds. The Morgan fingerprint density at radius 1 is 1.50 bits per heavy atom. The molecule has 0 aromatic rings. The second-order valence-electron chi connectivity index (χ2n) is 2.02. The lowest BCUT2D eigenvalue weighted by atomic mass is 10.4. The molecule has 0 atom stereocenters. The van der Waals surface area contributed by atoms with Crippen LogP contribution in [0.15, 0.2) is 24.4 Å². The maximum absolute atomic E-state index is 10.6. The number of hydrogen-bond donors (Lipinski definition) is 1. The van der Waals surface area contributed by atoms with Crippen molar-refractivity contribution in [1.82, 2.24) is 0 Å². The summed E-state index contributed by atoms with van der Waals surface area (Å²) in [5, 5.41) is 0. The van der Waals surface area contributed by atoms with Gasteiger partial charge in [0.1, 0.15) is 0 Å². The minimum absolute atomic E-state index is 0.197. The van der Waals surface area contributed by atoms with Gasteiger partial charge in [-0.1, -0.05) is 10.1 Å². The Bertz CT molecular complexity index is 325. The minimum atomic E-state index is -4.21. The molecule has 0 aromatic heterocycles. The largest absolute Gasteiger partial charge is 0.511 e. The molecule has 0 rings (SSSR count). The maximum atomic E-state index is 10.6. The lowest BCUT2D eigenvalue weighted by Crippen LogP contribution is -2.18. The Hall–Kier alpha value is -0.940. The molecule has 0 heterocycles. The van der Waals surface area contributed by atoms with Crippen LogP contribution >= 0.6 is 0 Å². The van der Waals surface area contributed by atoms with Gasteiger partial charge < -0.3 is 0 Å². The normalized spacial score (nSPS) is 13.8. The van der Waals surface area contributed by atoms with Gasteiger partial charge in [0.25, 0.3) is 0 Å². The Morgan fingerprint density at radius 3 is 2.25 bits per heavy atom. The summed E-state index contributed by atoms with van der Waals surface area (Å²) in [6.45, 7) is 6.66. The first-order valence-corrected chi connectivity index (χ1v) is 4.71. The van der Waals surface area contributed by atoms with Crippen LogP contribution in [-0.4, -0.2) is 23.2 Å². The molecule has 0 saturated heterocycles. The van der Waals surface area contributed by atoms with E-state index in [1.165, 1.54) is 19.2 Å². The van der Waals surface area contributed by atoms with Crippen molar-refractivity contribution in [3.8, 4) is 0 Å². The van der Waals surface area contributed by atoms with Crippen molar-refractivity contribution in [2.75, 3.05) is 0 Å². The van der Waals surface area contributed by atoms with Gasteiger partial charge in [-0.15, -0.1) is 8.42 Å². The molecule has 12 heavy (non-hydrogen) atoms. The van der Waals surface area contributed by atoms with Gasteiger partial charge in [0, 0.05) is 13.0 Å². The zero-order chi connectivity index (χ0) is 9.78. The van der Waals surface area contributed by atoms with Gasteiger partial charge in [-0.25, -0.2) is 4.55 Å². The summed E-state index contributed by atoms with van der Waals surface area (Å²) in [4.78, 5) is 0. The zero-order valence-corrected chi connectivity index (χ0v) is 7.87. The fraction of sp³-hybridized carbons (Fsp3) is 0.286. The van der Waals surface area contributed by atoms with Crippen LogP contribution < -0.4 is 0 Å². The average molecular weight is 190 g/mol. The fourth-order valence-electron chi connectivity index (χ4n) is 0.713. The van der Waals surface area contributed by atoms with Crippen LogP contribution in [0.1, 0.15) is 13.8 Å². The Labute approximate surface area is 72.4 Å². The van der Waals surface area contributed by atoms with Crippen molar-refractivity contribution in [1.29, 1.82) is 0 Å². The monoisotopic (exact) mass is 190 g/mol. The van der Waals surface area contributed by atoms with Crippen LogP contribution in [0.5, 0.6) is 0 Å². The molecule has 68 valence electrons. The van der Waals surface area contributed by atoms with Crippen molar-refractivity contribution in [3.05, 3.63) is 24.4 Å². The first-order chi connectivity index (χ1) is 5.43. The summed E-state index contributed by atoms with van der Waals surface area (Å²) in [6.07, 6.45) is 4.33. The Morgan fingerprint density at radius 2 is 2.00 bits per heavy atom. The van der Waals surface area contributed by atoms with Gasteiger partial charge in [-0.3, -0.25) is 0 Å². The van der Waals surface area contributed by atoms with Crippen molar-refractivity contribution in [2.45, 2.75) is 13.8 Å². The van der Waals surface area contributed by atoms with Crippen molar-refractivity contribution < 1.29 is 17.0 Å². The molecule has 0 saturated carbocycles. The van der Waals surface area contributed by atoms with Gasteiger partial charge >= 0.3 is 10.3 Å². The molecule has 0 unspecified atom stereocenters. The average Bonchev–Trinajstić information content (AvgIpc) is 1.85.